The zero-order chi connectivity index (χ0) is 12.6. The highest BCUT2D eigenvalue weighted by Crippen LogP contribution is 2.27. The fraction of sp³-hybridized carbons (Fsp3) is 0.222. The number of hydrogen-bond acceptors (Lipinski definition) is 4. The zero-order valence-electron chi connectivity index (χ0n) is 8.83. The van der Waals surface area contributed by atoms with E-state index in [0.717, 1.165) is 12.8 Å². The van der Waals surface area contributed by atoms with Gasteiger partial charge < -0.3 is 24.8 Å². The molecule has 16 heavy (non-hydrogen) atoms. The Morgan fingerprint density at radius 3 is 2.19 bits per heavy atom. The van der Waals surface area contributed by atoms with Crippen LogP contribution in [0.3, 0.4) is 0 Å². The Morgan fingerprint density at radius 2 is 2.00 bits per heavy atom. The summed E-state index contributed by atoms with van der Waals surface area (Å²) in [6.07, 6.45) is -0.955. The van der Waals surface area contributed by atoms with Crippen LogP contribution in [0.4, 0.5) is 5.69 Å². The van der Waals surface area contributed by atoms with Gasteiger partial charge in [-0.15, -0.1) is 0 Å². The molecule has 0 heterocycles. The summed E-state index contributed by atoms with van der Waals surface area (Å²) in [5, 5.41) is 0. The van der Waals surface area contributed by atoms with E-state index in [4.69, 9.17) is 4.89 Å². The van der Waals surface area contributed by atoms with Crippen LogP contribution in [-0.4, -0.2) is 24.1 Å². The molecule has 1 aromatic rings. The number of rotatable bonds is 2. The molecule has 90 valence electrons. The number of ether oxygens (including phenoxy) is 1. The number of methoxy groups -OCH3 is 1. The highest BCUT2D eigenvalue weighted by Gasteiger charge is 2.08. The smallest absolute Gasteiger partial charge is 0.314 e. The molecule has 1 rings (SSSR count). The zero-order valence-corrected chi connectivity index (χ0v) is 9.72. The number of benzene rings is 1. The maximum Gasteiger partial charge on any atom is 0.314 e. The van der Waals surface area contributed by atoms with E-state index in [1.165, 1.54) is 0 Å². The van der Waals surface area contributed by atoms with Crippen LogP contribution in [-0.2, 0) is 14.1 Å². The first-order valence-electron chi connectivity index (χ1n) is 4.32. The van der Waals surface area contributed by atoms with Gasteiger partial charge in [0, 0.05) is 0 Å². The van der Waals surface area contributed by atoms with Gasteiger partial charge in [-0.05, 0) is 12.1 Å². The lowest BCUT2D eigenvalue weighted by Gasteiger charge is -2.12. The second-order valence-corrected chi connectivity index (χ2v) is 4.45. The van der Waals surface area contributed by atoms with Gasteiger partial charge in [0.25, 0.3) is 0 Å². The summed E-state index contributed by atoms with van der Waals surface area (Å²) in [7, 11) is -3.42. The van der Waals surface area contributed by atoms with Crippen LogP contribution in [0.25, 0.3) is 0 Å². The van der Waals surface area contributed by atoms with Crippen molar-refractivity contribution < 1.29 is 29.6 Å². The maximum atomic E-state index is 10.1. The number of carbonyl (C=O) groups is 1. The Labute approximate surface area is 93.2 Å². The monoisotopic (exact) mass is 247 g/mol. The minimum atomic E-state index is -4.46. The number of hydrogen-bond donors (Lipinski definition) is 2. The Balaban J connectivity index is 0.000000288. The van der Waals surface area contributed by atoms with Crippen LogP contribution in [0.15, 0.2) is 30.3 Å². The van der Waals surface area contributed by atoms with Crippen LogP contribution < -0.4 is 10.6 Å². The summed E-state index contributed by atoms with van der Waals surface area (Å²) in [6, 6.07) is 9.87. The van der Waals surface area contributed by atoms with Gasteiger partial charge in [0.2, 0.25) is 0 Å². The second-order valence-electron chi connectivity index (χ2n) is 2.86. The quantitative estimate of drug-likeness (QED) is 0.528. The predicted molar refractivity (Wildman–Crippen MR) is 55.7 cm³/mol. The van der Waals surface area contributed by atoms with Crippen LogP contribution >= 0.6 is 7.60 Å². The Kier molecular flexibility index (Phi) is 6.60. The molecule has 7 heteroatoms. The number of carbonyl (C=O) groups excluding carboxylic acids is 1. The molecule has 0 aliphatic heterocycles. The molecule has 0 aromatic heterocycles. The lowest BCUT2D eigenvalue weighted by atomic mass is 10.3. The average molecular weight is 247 g/mol. The van der Waals surface area contributed by atoms with Gasteiger partial charge in [-0.3, -0.25) is 4.79 Å². The van der Waals surface area contributed by atoms with Crippen LogP contribution in [0.5, 0.6) is 0 Å². The molecule has 0 saturated heterocycles. The van der Waals surface area contributed by atoms with E-state index in [2.05, 4.69) is 10.5 Å². The first kappa shape index (κ1) is 14.8. The third-order valence-corrected chi connectivity index (χ3v) is 2.06. The van der Waals surface area contributed by atoms with Gasteiger partial charge in [-0.1, -0.05) is 18.2 Å². The number of quaternary nitrogens is 1. The fourth-order valence-corrected chi connectivity index (χ4v) is 1.16. The Bertz CT molecular complexity index is 361. The standard InChI is InChI=1S/C6H7N.C3H7O5P/c7-6-4-2-1-3-5-6;1-8-3(4)2-9(5,6)7/h1-5H,7H2;2H2,1H3,(H2,5,6,7). The SMILES string of the molecule is COC(=O)CP(=O)([O-])O.[NH3+]c1ccccc1. The van der Waals surface area contributed by atoms with Gasteiger partial charge in [-0.25, -0.2) is 0 Å². The van der Waals surface area contributed by atoms with Crippen LogP contribution in [0.1, 0.15) is 0 Å². The molecule has 0 saturated carbocycles. The molecule has 1 unspecified atom stereocenters. The Hall–Kier alpha value is -1.20. The van der Waals surface area contributed by atoms with Crippen molar-refractivity contribution in [3.05, 3.63) is 30.3 Å². The summed E-state index contributed by atoms with van der Waals surface area (Å²) in [4.78, 5) is 28.0. The van der Waals surface area contributed by atoms with E-state index in [1.807, 2.05) is 30.3 Å². The highest BCUT2D eigenvalue weighted by atomic mass is 31.2. The van der Waals surface area contributed by atoms with Gasteiger partial charge in [0.05, 0.1) is 7.11 Å². The van der Waals surface area contributed by atoms with Crippen molar-refractivity contribution in [2.24, 2.45) is 0 Å². The molecule has 0 bridgehead atoms. The van der Waals surface area contributed by atoms with E-state index >= 15 is 0 Å². The molecule has 0 spiro atoms. The van der Waals surface area contributed by atoms with Gasteiger partial charge in [0.15, 0.2) is 0 Å². The Morgan fingerprint density at radius 1 is 1.50 bits per heavy atom. The summed E-state index contributed by atoms with van der Waals surface area (Å²) in [5.74, 6) is -0.962. The topological polar surface area (TPSA) is 114 Å². The van der Waals surface area contributed by atoms with E-state index in [-0.39, 0.29) is 0 Å². The van der Waals surface area contributed by atoms with Gasteiger partial charge >= 0.3 is 5.97 Å². The first-order chi connectivity index (χ1) is 7.35. The molecule has 0 aliphatic carbocycles. The maximum absolute atomic E-state index is 10.1. The predicted octanol–water partition coefficient (Wildman–Crippen LogP) is -0.735. The second kappa shape index (κ2) is 7.14. The van der Waals surface area contributed by atoms with Crippen molar-refractivity contribution in [1.82, 2.24) is 0 Å². The molecule has 0 fully saturated rings. The summed E-state index contributed by atoms with van der Waals surface area (Å²) in [6.45, 7) is 0. The van der Waals surface area contributed by atoms with Gasteiger partial charge in [0.1, 0.15) is 19.4 Å². The lowest BCUT2D eigenvalue weighted by molar-refractivity contribution is -0.254. The summed E-state index contributed by atoms with van der Waals surface area (Å²) < 4.78 is 13.8. The molecule has 6 nitrogen and oxygen atoms in total. The fourth-order valence-electron chi connectivity index (χ4n) is 0.706. The van der Waals surface area contributed by atoms with Crippen molar-refractivity contribution >= 4 is 19.3 Å². The molecular formula is C9H14NO5P. The largest absolute Gasteiger partial charge is 0.778 e. The molecule has 1 aromatic carbocycles. The van der Waals surface area contributed by atoms with E-state index < -0.39 is 19.7 Å². The third-order valence-electron chi connectivity index (χ3n) is 1.40. The molecule has 1 atom stereocenters. The molecule has 0 radical (unpaired) electrons. The van der Waals surface area contributed by atoms with Gasteiger partial charge in [-0.2, -0.15) is 0 Å². The van der Waals surface area contributed by atoms with E-state index in [1.54, 1.807) is 0 Å². The van der Waals surface area contributed by atoms with Crippen molar-refractivity contribution in [2.75, 3.05) is 13.3 Å². The first-order valence-corrected chi connectivity index (χ1v) is 6.08. The summed E-state index contributed by atoms with van der Waals surface area (Å²) >= 11 is 0. The lowest BCUT2D eigenvalue weighted by Crippen LogP contribution is -2.39. The van der Waals surface area contributed by atoms with Crippen molar-refractivity contribution in [3.63, 3.8) is 0 Å². The molecule has 4 N–H and O–H groups in total. The van der Waals surface area contributed by atoms with E-state index in [0.29, 0.717) is 0 Å². The average Bonchev–Trinajstić information content (AvgIpc) is 2.17. The molecule has 0 amide bonds. The molecular weight excluding hydrogens is 233 g/mol. The van der Waals surface area contributed by atoms with Crippen LogP contribution in [0.2, 0.25) is 0 Å². The normalized spacial score (nSPS) is 13.0. The number of esters is 1. The van der Waals surface area contributed by atoms with Crippen LogP contribution in [0, 0.1) is 0 Å². The minimum Gasteiger partial charge on any atom is -0.778 e. The van der Waals surface area contributed by atoms with Crippen molar-refractivity contribution in [3.8, 4) is 0 Å². The van der Waals surface area contributed by atoms with E-state index in [9.17, 15) is 14.3 Å². The van der Waals surface area contributed by atoms with Crippen molar-refractivity contribution in [1.29, 1.82) is 0 Å². The minimum absolute atomic E-state index is 0.955. The summed E-state index contributed by atoms with van der Waals surface area (Å²) in [5.41, 5.74) is 4.79. The van der Waals surface area contributed by atoms with Crippen molar-refractivity contribution in [2.45, 2.75) is 0 Å². The molecule has 0 aliphatic rings. The highest BCUT2D eigenvalue weighted by molar-refractivity contribution is 7.51. The third kappa shape index (κ3) is 9.36.